The molecule has 2 heterocycles. The number of benzene rings is 2. The Kier molecular flexibility index (Phi) is 4.06. The molecule has 1 fully saturated rings. The van der Waals surface area contributed by atoms with Gasteiger partial charge in [0.05, 0.1) is 29.6 Å². The molecule has 1 N–H and O–H groups in total. The summed E-state index contributed by atoms with van der Waals surface area (Å²) in [6.45, 7) is 0.798. The monoisotopic (exact) mass is 382 g/mol. The highest BCUT2D eigenvalue weighted by Crippen LogP contribution is 2.35. The first-order chi connectivity index (χ1) is 13.0. The number of hydrogen-bond donors (Lipinski definition) is 1. The van der Waals surface area contributed by atoms with Gasteiger partial charge in [-0.2, -0.15) is 18.4 Å². The standard InChI is InChI=1S/C19H18N4O3S/c1-22-18-11-15(26-2)7-8-16(18)17(12-20)19(22)13-3-5-14(6-4-13)23-10-9-21-27(23,24)25/h3-8,11,21H,9-10H2,1-2H3. The van der Waals surface area contributed by atoms with Crippen LogP contribution in [0.3, 0.4) is 0 Å². The molecule has 27 heavy (non-hydrogen) atoms. The fourth-order valence-electron chi connectivity index (χ4n) is 3.52. The second kappa shape index (κ2) is 6.30. The average Bonchev–Trinajstić information content (AvgIpc) is 3.17. The largest absolute Gasteiger partial charge is 0.497 e. The normalized spacial score (nSPS) is 15.8. The molecule has 3 aromatic rings. The summed E-state index contributed by atoms with van der Waals surface area (Å²) < 4.78 is 35.1. The highest BCUT2D eigenvalue weighted by Gasteiger charge is 2.28. The molecule has 2 aromatic carbocycles. The Morgan fingerprint density at radius 2 is 1.93 bits per heavy atom. The predicted octanol–water partition coefficient (Wildman–Crippen LogP) is 2.38. The maximum Gasteiger partial charge on any atom is 0.301 e. The van der Waals surface area contributed by atoms with Crippen molar-refractivity contribution in [2.75, 3.05) is 24.5 Å². The third-order valence-corrected chi connectivity index (χ3v) is 6.38. The molecule has 1 aliphatic heterocycles. The summed E-state index contributed by atoms with van der Waals surface area (Å²) in [5.74, 6) is 0.723. The van der Waals surface area contributed by atoms with Gasteiger partial charge in [0.25, 0.3) is 0 Å². The summed E-state index contributed by atoms with van der Waals surface area (Å²) >= 11 is 0. The number of nitriles is 1. The van der Waals surface area contributed by atoms with Gasteiger partial charge in [0.15, 0.2) is 0 Å². The molecule has 0 radical (unpaired) electrons. The first-order valence-corrected chi connectivity index (χ1v) is 9.84. The molecule has 0 saturated carbocycles. The van der Waals surface area contributed by atoms with Crippen molar-refractivity contribution in [1.29, 1.82) is 5.26 Å². The second-order valence-corrected chi connectivity index (χ2v) is 7.98. The number of hydrogen-bond acceptors (Lipinski definition) is 4. The lowest BCUT2D eigenvalue weighted by atomic mass is 10.1. The molecule has 0 bridgehead atoms. The maximum atomic E-state index is 12.0. The Bertz CT molecular complexity index is 1170. The number of fused-ring (bicyclic) bond motifs is 1. The van der Waals surface area contributed by atoms with E-state index in [1.54, 1.807) is 19.2 Å². The molecule has 138 valence electrons. The highest BCUT2D eigenvalue weighted by atomic mass is 32.2. The van der Waals surface area contributed by atoms with Crippen LogP contribution in [0, 0.1) is 11.3 Å². The number of aryl methyl sites for hydroxylation is 1. The summed E-state index contributed by atoms with van der Waals surface area (Å²) in [6.07, 6.45) is 0. The molecule has 8 heteroatoms. The Morgan fingerprint density at radius 1 is 1.19 bits per heavy atom. The molecule has 7 nitrogen and oxygen atoms in total. The molecule has 4 rings (SSSR count). The Labute approximate surface area is 157 Å². The molecule has 0 aliphatic carbocycles. The van der Waals surface area contributed by atoms with Crippen LogP contribution in [-0.2, 0) is 17.3 Å². The van der Waals surface area contributed by atoms with Crippen molar-refractivity contribution in [2.45, 2.75) is 0 Å². The SMILES string of the molecule is COc1ccc2c(C#N)c(-c3ccc(N4CCNS4(=O)=O)cc3)n(C)c2c1. The van der Waals surface area contributed by atoms with Crippen LogP contribution in [0.2, 0.25) is 0 Å². The fraction of sp³-hybridized carbons (Fsp3) is 0.211. The van der Waals surface area contributed by atoms with Crippen LogP contribution in [0.15, 0.2) is 42.5 Å². The van der Waals surface area contributed by atoms with Gasteiger partial charge in [-0.25, -0.2) is 0 Å². The van der Waals surface area contributed by atoms with Gasteiger partial charge in [0.2, 0.25) is 0 Å². The van der Waals surface area contributed by atoms with E-state index in [0.29, 0.717) is 24.3 Å². The third-order valence-electron chi connectivity index (χ3n) is 4.84. The number of nitrogens with one attached hydrogen (secondary N) is 1. The second-order valence-electron chi connectivity index (χ2n) is 6.30. The first-order valence-electron chi connectivity index (χ1n) is 8.40. The minimum Gasteiger partial charge on any atom is -0.497 e. The van der Waals surface area contributed by atoms with Gasteiger partial charge in [0, 0.05) is 31.6 Å². The Hall–Kier alpha value is -3.02. The van der Waals surface area contributed by atoms with Crippen LogP contribution in [-0.4, -0.2) is 33.2 Å². The van der Waals surface area contributed by atoms with Gasteiger partial charge in [-0.05, 0) is 29.8 Å². The molecule has 0 spiro atoms. The zero-order valence-corrected chi connectivity index (χ0v) is 15.7. The molecule has 0 atom stereocenters. The zero-order valence-electron chi connectivity index (χ0n) is 14.9. The van der Waals surface area contributed by atoms with Crippen molar-refractivity contribution in [3.63, 3.8) is 0 Å². The Morgan fingerprint density at radius 3 is 2.52 bits per heavy atom. The summed E-state index contributed by atoms with van der Waals surface area (Å²) in [4.78, 5) is 0. The van der Waals surface area contributed by atoms with Gasteiger partial charge in [0.1, 0.15) is 11.8 Å². The van der Waals surface area contributed by atoms with Crippen LogP contribution in [0.4, 0.5) is 5.69 Å². The number of aromatic nitrogens is 1. The van der Waals surface area contributed by atoms with Gasteiger partial charge in [-0.15, -0.1) is 0 Å². The molecular formula is C19H18N4O3S. The van der Waals surface area contributed by atoms with E-state index < -0.39 is 10.2 Å². The lowest BCUT2D eigenvalue weighted by Gasteiger charge is -2.16. The topological polar surface area (TPSA) is 87.4 Å². The lowest BCUT2D eigenvalue weighted by molar-refractivity contribution is 0.415. The number of methoxy groups -OCH3 is 1. The maximum absolute atomic E-state index is 12.0. The van der Waals surface area contributed by atoms with E-state index in [1.807, 2.05) is 41.9 Å². The van der Waals surface area contributed by atoms with Crippen molar-refractivity contribution >= 4 is 26.8 Å². The van der Waals surface area contributed by atoms with Crippen molar-refractivity contribution < 1.29 is 13.2 Å². The minimum atomic E-state index is -3.45. The minimum absolute atomic E-state index is 0.397. The van der Waals surface area contributed by atoms with Crippen LogP contribution < -0.4 is 13.8 Å². The quantitative estimate of drug-likeness (QED) is 0.753. The number of anilines is 1. The van der Waals surface area contributed by atoms with Crippen molar-refractivity contribution in [3.05, 3.63) is 48.0 Å². The molecule has 1 aliphatic rings. The molecular weight excluding hydrogens is 364 g/mol. The average molecular weight is 382 g/mol. The van der Waals surface area contributed by atoms with Crippen LogP contribution in [0.1, 0.15) is 5.56 Å². The summed E-state index contributed by atoms with van der Waals surface area (Å²) in [5, 5.41) is 10.6. The van der Waals surface area contributed by atoms with E-state index in [1.165, 1.54) is 4.31 Å². The lowest BCUT2D eigenvalue weighted by Crippen LogP contribution is -2.29. The van der Waals surface area contributed by atoms with Crippen molar-refractivity contribution in [2.24, 2.45) is 7.05 Å². The van der Waals surface area contributed by atoms with E-state index in [-0.39, 0.29) is 0 Å². The van der Waals surface area contributed by atoms with Crippen LogP contribution in [0.25, 0.3) is 22.2 Å². The van der Waals surface area contributed by atoms with Crippen molar-refractivity contribution in [1.82, 2.24) is 9.29 Å². The first kappa shape index (κ1) is 17.4. The molecule has 1 saturated heterocycles. The summed E-state index contributed by atoms with van der Waals surface area (Å²) in [6, 6.07) is 15.1. The van der Waals surface area contributed by atoms with E-state index in [9.17, 15) is 13.7 Å². The summed E-state index contributed by atoms with van der Waals surface area (Å²) in [5.41, 5.74) is 3.71. The van der Waals surface area contributed by atoms with E-state index in [0.717, 1.165) is 27.9 Å². The van der Waals surface area contributed by atoms with Crippen molar-refractivity contribution in [3.8, 4) is 23.1 Å². The van der Waals surface area contributed by atoms with Gasteiger partial charge in [-0.3, -0.25) is 4.31 Å². The number of nitrogens with zero attached hydrogens (tertiary/aromatic N) is 3. The van der Waals surface area contributed by atoms with E-state index >= 15 is 0 Å². The molecule has 1 aromatic heterocycles. The molecule has 0 unspecified atom stereocenters. The van der Waals surface area contributed by atoms with E-state index in [4.69, 9.17) is 4.74 Å². The molecule has 0 amide bonds. The Balaban J connectivity index is 1.83. The van der Waals surface area contributed by atoms with Gasteiger partial charge < -0.3 is 9.30 Å². The number of rotatable bonds is 3. The predicted molar refractivity (Wildman–Crippen MR) is 104 cm³/mol. The van der Waals surface area contributed by atoms with Crippen LogP contribution in [0.5, 0.6) is 5.75 Å². The van der Waals surface area contributed by atoms with E-state index in [2.05, 4.69) is 10.8 Å². The summed E-state index contributed by atoms with van der Waals surface area (Å²) in [7, 11) is 0.0559. The number of ether oxygens (including phenoxy) is 1. The fourth-order valence-corrected chi connectivity index (χ4v) is 4.76. The zero-order chi connectivity index (χ0) is 19.2. The van der Waals surface area contributed by atoms with Gasteiger partial charge >= 0.3 is 10.2 Å². The van der Waals surface area contributed by atoms with Crippen LogP contribution >= 0.6 is 0 Å². The van der Waals surface area contributed by atoms with Gasteiger partial charge in [-0.1, -0.05) is 12.1 Å². The highest BCUT2D eigenvalue weighted by molar-refractivity contribution is 7.91. The smallest absolute Gasteiger partial charge is 0.301 e. The third kappa shape index (κ3) is 2.72.